The van der Waals surface area contributed by atoms with E-state index < -0.39 is 62.6 Å². The molecule has 0 amide bonds. The van der Waals surface area contributed by atoms with Crippen molar-refractivity contribution < 1.29 is 33.1 Å². The number of ether oxygens (including phenoxy) is 1. The van der Waals surface area contributed by atoms with Crippen molar-refractivity contribution in [2.75, 3.05) is 13.2 Å². The zero-order valence-corrected chi connectivity index (χ0v) is 19.3. The lowest BCUT2D eigenvalue weighted by Crippen LogP contribution is -2.41. The number of carbonyl (C=O) groups excluding carboxylic acids is 1. The number of aliphatic hydroxyl groups is 2. The summed E-state index contributed by atoms with van der Waals surface area (Å²) in [5.74, 6) is -1.69. The Hall–Kier alpha value is -4.32. The summed E-state index contributed by atoms with van der Waals surface area (Å²) in [7, 11) is -4.57. The second-order valence-corrected chi connectivity index (χ2v) is 9.71. The lowest BCUT2D eigenvalue weighted by atomic mass is 10.2. The number of imidazole rings is 1. The van der Waals surface area contributed by atoms with Gasteiger partial charge >= 0.3 is 5.97 Å². The number of aromatic nitrogens is 2. The fourth-order valence-electron chi connectivity index (χ4n) is 3.85. The van der Waals surface area contributed by atoms with E-state index in [2.05, 4.69) is 9.97 Å². The number of rotatable bonds is 7. The Bertz CT molecular complexity index is 1490. The van der Waals surface area contributed by atoms with Crippen molar-refractivity contribution in [1.82, 2.24) is 14.3 Å². The first-order valence-corrected chi connectivity index (χ1v) is 11.9. The maximum absolute atomic E-state index is 13.2. The second kappa shape index (κ2) is 9.74. The Morgan fingerprint density at radius 2 is 1.97 bits per heavy atom. The number of aliphatic hydroxyl groups excluding tert-OH is 2. The molecule has 0 saturated carbocycles. The molecule has 0 spiro atoms. The number of nitriles is 1. The van der Waals surface area contributed by atoms with Gasteiger partial charge in [-0.05, 0) is 18.2 Å². The van der Waals surface area contributed by atoms with Crippen LogP contribution in [0.3, 0.4) is 0 Å². The van der Waals surface area contributed by atoms with Crippen molar-refractivity contribution in [1.29, 1.82) is 5.26 Å². The van der Waals surface area contributed by atoms with Gasteiger partial charge in [0, 0.05) is 19.0 Å². The normalized spacial score (nSPS) is 19.0. The summed E-state index contributed by atoms with van der Waals surface area (Å²) in [4.78, 5) is 29.7. The number of para-hydroxylation sites is 3. The Morgan fingerprint density at radius 1 is 1.28 bits per heavy atom. The van der Waals surface area contributed by atoms with Gasteiger partial charge in [-0.25, -0.2) is 13.4 Å². The molecule has 14 heteroatoms. The molecule has 1 aliphatic rings. The highest BCUT2D eigenvalue weighted by molar-refractivity contribution is 7.89. The number of nitro groups is 1. The molecule has 2 aromatic carbocycles. The highest BCUT2D eigenvalue weighted by Gasteiger charge is 2.46. The summed E-state index contributed by atoms with van der Waals surface area (Å²) < 4.78 is 32.0. The van der Waals surface area contributed by atoms with Crippen LogP contribution in [0.1, 0.15) is 12.2 Å². The van der Waals surface area contributed by atoms with Crippen molar-refractivity contribution >= 4 is 38.3 Å². The average molecular weight is 513 g/mol. The highest BCUT2D eigenvalue weighted by atomic mass is 32.2. The van der Waals surface area contributed by atoms with Crippen molar-refractivity contribution in [3.8, 4) is 6.07 Å². The van der Waals surface area contributed by atoms with Gasteiger partial charge in [0.25, 0.3) is 15.7 Å². The van der Waals surface area contributed by atoms with Crippen molar-refractivity contribution in [2.24, 2.45) is 0 Å². The summed E-state index contributed by atoms with van der Waals surface area (Å²) in [6.45, 7) is -1.26. The molecule has 0 radical (unpaired) electrons. The molecule has 4 rings (SSSR count). The van der Waals surface area contributed by atoms with Crippen LogP contribution >= 0.6 is 0 Å². The minimum absolute atomic E-state index is 0.0455. The van der Waals surface area contributed by atoms with Crippen LogP contribution in [-0.4, -0.2) is 69.1 Å². The van der Waals surface area contributed by atoms with Crippen LogP contribution in [-0.2, 0) is 19.6 Å². The van der Waals surface area contributed by atoms with Gasteiger partial charge in [0.2, 0.25) is 0 Å². The predicted molar refractivity (Wildman–Crippen MR) is 124 cm³/mol. The lowest BCUT2D eigenvalue weighted by molar-refractivity contribution is -0.387. The molecule has 0 bridgehead atoms. The molecule has 0 unspecified atom stereocenters. The standard InChI is InChI=1S/C22H19N5O8S/c23-10-14(21-24-15-5-1-2-6-16(15)25-21)19(29)12-35-22(30)18-9-13(28)11-26(18)36(33,34)20-8-4-3-7-17(20)27(31)32/h1-8,13,18,28-29H,9,11-12H2,(H,24,25)/t13-,18+/m1/s1. The number of sulfonamides is 1. The first-order valence-electron chi connectivity index (χ1n) is 10.5. The number of carbonyl (C=O) groups is 1. The summed E-state index contributed by atoms with van der Waals surface area (Å²) >= 11 is 0. The van der Waals surface area contributed by atoms with Crippen LogP contribution in [0.5, 0.6) is 0 Å². The molecule has 1 fully saturated rings. The van der Waals surface area contributed by atoms with Gasteiger partial charge in [-0.1, -0.05) is 24.3 Å². The maximum Gasteiger partial charge on any atom is 0.325 e. The molecule has 1 saturated heterocycles. The highest BCUT2D eigenvalue weighted by Crippen LogP contribution is 2.32. The number of hydrogen-bond donors (Lipinski definition) is 3. The number of benzene rings is 2. The molecule has 186 valence electrons. The van der Waals surface area contributed by atoms with E-state index >= 15 is 0 Å². The van der Waals surface area contributed by atoms with Gasteiger partial charge in [-0.15, -0.1) is 0 Å². The van der Waals surface area contributed by atoms with Gasteiger partial charge in [0.1, 0.15) is 24.3 Å². The van der Waals surface area contributed by atoms with E-state index in [0.717, 1.165) is 12.1 Å². The van der Waals surface area contributed by atoms with E-state index in [1.165, 1.54) is 12.1 Å². The molecule has 3 aromatic rings. The van der Waals surface area contributed by atoms with E-state index in [0.29, 0.717) is 15.3 Å². The Kier molecular flexibility index (Phi) is 6.71. The largest absolute Gasteiger partial charge is 0.507 e. The smallest absolute Gasteiger partial charge is 0.325 e. The molecular weight excluding hydrogens is 494 g/mol. The third-order valence-electron chi connectivity index (χ3n) is 5.53. The average Bonchev–Trinajstić information content (AvgIpc) is 3.47. The van der Waals surface area contributed by atoms with E-state index in [-0.39, 0.29) is 17.8 Å². The fourth-order valence-corrected chi connectivity index (χ4v) is 5.64. The SMILES string of the molecule is N#CC(=C(O)COC(=O)[C@@H]1C[C@@H](O)CN1S(=O)(=O)c1ccccc1[N+](=O)[O-])c1nc2ccccc2[nH]1. The number of nitrogens with zero attached hydrogens (tertiary/aromatic N) is 4. The Labute approximate surface area is 204 Å². The maximum atomic E-state index is 13.2. The number of H-pyrrole nitrogens is 1. The number of esters is 1. The zero-order chi connectivity index (χ0) is 26.0. The third-order valence-corrected chi connectivity index (χ3v) is 7.45. The topological polar surface area (TPSA) is 200 Å². The Balaban J connectivity index is 1.56. The van der Waals surface area contributed by atoms with Crippen molar-refractivity contribution in [2.45, 2.75) is 23.5 Å². The summed E-state index contributed by atoms with van der Waals surface area (Å²) in [6, 6.07) is 11.8. The molecule has 3 N–H and O–H groups in total. The zero-order valence-electron chi connectivity index (χ0n) is 18.4. The van der Waals surface area contributed by atoms with Crippen LogP contribution in [0.2, 0.25) is 0 Å². The molecule has 1 aliphatic heterocycles. The molecule has 0 aliphatic carbocycles. The third kappa shape index (κ3) is 4.62. The number of nitro benzene ring substituents is 1. The lowest BCUT2D eigenvalue weighted by Gasteiger charge is -2.22. The van der Waals surface area contributed by atoms with Gasteiger partial charge < -0.3 is 19.9 Å². The number of aromatic amines is 1. The fraction of sp³-hybridized carbons (Fsp3) is 0.227. The Morgan fingerprint density at radius 3 is 2.67 bits per heavy atom. The van der Waals surface area contributed by atoms with E-state index in [9.17, 15) is 38.8 Å². The van der Waals surface area contributed by atoms with E-state index in [1.54, 1.807) is 30.3 Å². The molecule has 1 aromatic heterocycles. The first-order chi connectivity index (χ1) is 17.1. The van der Waals surface area contributed by atoms with Crippen molar-refractivity contribution in [3.63, 3.8) is 0 Å². The molecule has 2 atom stereocenters. The molecule has 13 nitrogen and oxygen atoms in total. The summed E-state index contributed by atoms with van der Waals surface area (Å²) in [5.41, 5.74) is 0.188. The number of fused-ring (bicyclic) bond motifs is 1. The van der Waals surface area contributed by atoms with Gasteiger partial charge in [-0.2, -0.15) is 9.57 Å². The molecular formula is C22H19N5O8S. The number of allylic oxidation sites excluding steroid dienone is 1. The minimum Gasteiger partial charge on any atom is -0.507 e. The summed E-state index contributed by atoms with van der Waals surface area (Å²) in [5, 5.41) is 41.3. The van der Waals surface area contributed by atoms with Crippen molar-refractivity contribution in [3.05, 3.63) is 70.2 Å². The molecule has 2 heterocycles. The number of hydrogen-bond acceptors (Lipinski definition) is 10. The quantitative estimate of drug-likeness (QED) is 0.137. The van der Waals surface area contributed by atoms with Crippen LogP contribution in [0.15, 0.2) is 59.2 Å². The predicted octanol–water partition coefficient (Wildman–Crippen LogP) is 1.63. The van der Waals surface area contributed by atoms with Crippen LogP contribution in [0.25, 0.3) is 16.6 Å². The van der Waals surface area contributed by atoms with Crippen LogP contribution in [0, 0.1) is 21.4 Å². The van der Waals surface area contributed by atoms with E-state index in [4.69, 9.17) is 4.74 Å². The van der Waals surface area contributed by atoms with Gasteiger partial charge in [-0.3, -0.25) is 14.9 Å². The van der Waals surface area contributed by atoms with Gasteiger partial charge in [0.05, 0.1) is 22.1 Å². The second-order valence-electron chi connectivity index (χ2n) is 7.85. The summed E-state index contributed by atoms with van der Waals surface area (Å²) in [6.07, 6.45) is -1.55. The monoisotopic (exact) mass is 513 g/mol. The van der Waals surface area contributed by atoms with E-state index in [1.807, 2.05) is 0 Å². The van der Waals surface area contributed by atoms with Gasteiger partial charge in [0.15, 0.2) is 16.5 Å². The van der Waals surface area contributed by atoms with Crippen LogP contribution < -0.4 is 0 Å². The minimum atomic E-state index is -4.57. The molecule has 36 heavy (non-hydrogen) atoms. The number of β-amino-alcohol motifs (C(OH)–C–C–N with tert-alkyl or cyclic N) is 1. The van der Waals surface area contributed by atoms with Crippen LogP contribution in [0.4, 0.5) is 5.69 Å². The first kappa shape index (κ1) is 24.8. The number of nitrogens with one attached hydrogen (secondary N) is 1.